The molecule has 0 unspecified atom stereocenters. The van der Waals surface area contributed by atoms with Gasteiger partial charge in [0.1, 0.15) is 24.3 Å². The molecule has 2 fully saturated rings. The first-order chi connectivity index (χ1) is 10.3. The highest BCUT2D eigenvalue weighted by atomic mass is 35.5. The number of hydrogen-bond acceptors (Lipinski definition) is 10. The molecule has 12 heteroatoms. The van der Waals surface area contributed by atoms with Crippen LogP contribution in [0.25, 0.3) is 0 Å². The van der Waals surface area contributed by atoms with E-state index in [4.69, 9.17) is 20.4 Å². The third kappa shape index (κ3) is 6.30. The van der Waals surface area contributed by atoms with Crippen LogP contribution in [0.15, 0.2) is 0 Å². The Morgan fingerprint density at radius 1 is 0.792 bits per heavy atom. The molecule has 0 radical (unpaired) electrons. The van der Waals surface area contributed by atoms with Crippen LogP contribution in [0.5, 0.6) is 0 Å². The summed E-state index contributed by atoms with van der Waals surface area (Å²) in [5.41, 5.74) is 0. The fourth-order valence-electron chi connectivity index (χ4n) is 2.12. The van der Waals surface area contributed by atoms with E-state index in [1.54, 1.807) is 0 Å². The lowest BCUT2D eigenvalue weighted by atomic mass is 10.1. The van der Waals surface area contributed by atoms with Crippen LogP contribution in [0.4, 0.5) is 0 Å². The number of halogens is 2. The average molecular weight is 395 g/mol. The van der Waals surface area contributed by atoms with Crippen molar-refractivity contribution in [1.29, 1.82) is 0 Å². The Hall–Kier alpha value is -0.720. The van der Waals surface area contributed by atoms with Gasteiger partial charge in [-0.2, -0.15) is 0 Å². The Balaban J connectivity index is 0. The van der Waals surface area contributed by atoms with Gasteiger partial charge in [-0.05, 0) is 0 Å². The maximum Gasteiger partial charge on any atom is 0.325 e. The Bertz CT molecular complexity index is 367. The van der Waals surface area contributed by atoms with Gasteiger partial charge in [0.05, 0.1) is 26.4 Å². The van der Waals surface area contributed by atoms with E-state index in [2.05, 4.69) is 20.1 Å². The second-order valence-corrected chi connectivity index (χ2v) is 4.93. The molecule has 144 valence electrons. The number of esters is 2. The maximum atomic E-state index is 10.8. The summed E-state index contributed by atoms with van der Waals surface area (Å²) in [7, 11) is 2.48. The van der Waals surface area contributed by atoms with Gasteiger partial charge < -0.3 is 29.9 Å². The summed E-state index contributed by atoms with van der Waals surface area (Å²) in [6, 6.07) is -1.56. The highest BCUT2D eigenvalue weighted by Gasteiger charge is 2.39. The third-order valence-corrected chi connectivity index (χ3v) is 3.48. The van der Waals surface area contributed by atoms with Crippen molar-refractivity contribution in [1.82, 2.24) is 10.6 Å². The third-order valence-electron chi connectivity index (χ3n) is 3.48. The maximum absolute atomic E-state index is 10.8. The first-order valence-corrected chi connectivity index (χ1v) is 6.68. The van der Waals surface area contributed by atoms with Crippen LogP contribution in [0, 0.1) is 0 Å². The highest BCUT2D eigenvalue weighted by Crippen LogP contribution is 2.09. The summed E-state index contributed by atoms with van der Waals surface area (Å²) in [6.45, 7) is 0.446. The zero-order valence-electron chi connectivity index (χ0n) is 13.1. The molecule has 2 aliphatic heterocycles. The molecule has 0 spiro atoms. The van der Waals surface area contributed by atoms with E-state index in [-0.39, 0.29) is 37.9 Å². The van der Waals surface area contributed by atoms with Crippen LogP contribution in [-0.4, -0.2) is 96.2 Å². The average Bonchev–Trinajstić information content (AvgIpc) is 3.02. The first kappa shape index (κ1) is 25.5. The van der Waals surface area contributed by atoms with Crippen molar-refractivity contribution >= 4 is 36.8 Å². The zero-order valence-corrected chi connectivity index (χ0v) is 14.7. The summed E-state index contributed by atoms with van der Waals surface area (Å²) >= 11 is 0. The lowest BCUT2D eigenvalue weighted by Gasteiger charge is -2.12. The second kappa shape index (κ2) is 11.8. The molecule has 0 aromatic carbocycles. The monoisotopic (exact) mass is 394 g/mol. The molecule has 2 aliphatic rings. The molecule has 0 saturated carbocycles. The van der Waals surface area contributed by atoms with Crippen LogP contribution in [0.1, 0.15) is 0 Å². The van der Waals surface area contributed by atoms with Gasteiger partial charge in [0.2, 0.25) is 0 Å². The SMILES string of the molecule is COC(=O)[C@@H]1NC[C@@H](O)[C@H]1O.COC(=O)[C@H]1NC[C@H](O)[C@@H]1O.Cl.Cl. The molecule has 0 aromatic heterocycles. The number of aliphatic hydroxyl groups excluding tert-OH is 4. The molecule has 0 aliphatic carbocycles. The number of rotatable bonds is 2. The number of ether oxygens (including phenoxy) is 2. The van der Waals surface area contributed by atoms with E-state index in [0.29, 0.717) is 0 Å². The van der Waals surface area contributed by atoms with Gasteiger partial charge in [-0.3, -0.25) is 20.2 Å². The number of aliphatic hydroxyl groups is 4. The normalized spacial score (nSPS) is 34.1. The van der Waals surface area contributed by atoms with Crippen molar-refractivity contribution in [3.8, 4) is 0 Å². The molecule has 0 amide bonds. The number of methoxy groups -OCH3 is 2. The molecule has 24 heavy (non-hydrogen) atoms. The van der Waals surface area contributed by atoms with E-state index in [1.807, 2.05) is 0 Å². The van der Waals surface area contributed by atoms with Crippen LogP contribution < -0.4 is 10.6 Å². The number of hydrogen-bond donors (Lipinski definition) is 6. The number of nitrogens with one attached hydrogen (secondary N) is 2. The minimum atomic E-state index is -1.05. The van der Waals surface area contributed by atoms with Crippen molar-refractivity contribution in [3.05, 3.63) is 0 Å². The smallest absolute Gasteiger partial charge is 0.325 e. The number of carbonyl (C=O) groups is 2. The Morgan fingerprint density at radius 2 is 1.08 bits per heavy atom. The van der Waals surface area contributed by atoms with Crippen molar-refractivity contribution in [3.63, 3.8) is 0 Å². The van der Waals surface area contributed by atoms with E-state index >= 15 is 0 Å². The molecular weight excluding hydrogens is 371 g/mol. The standard InChI is InChI=1S/2C6H11NO4.2ClH/c2*1-11-6(10)4-5(9)3(8)2-7-4;;/h2*3-5,7-9H,2H2,1H3;2*1H/t2*3-,4-,5-;;/m10../s1. The molecule has 2 rings (SSSR count). The van der Waals surface area contributed by atoms with E-state index in [1.165, 1.54) is 14.2 Å². The van der Waals surface area contributed by atoms with Gasteiger partial charge >= 0.3 is 11.9 Å². The largest absolute Gasteiger partial charge is 0.468 e. The van der Waals surface area contributed by atoms with E-state index < -0.39 is 48.4 Å². The van der Waals surface area contributed by atoms with Crippen LogP contribution in [-0.2, 0) is 19.1 Å². The predicted molar refractivity (Wildman–Crippen MR) is 86.1 cm³/mol. The van der Waals surface area contributed by atoms with Crippen molar-refractivity contribution in [2.75, 3.05) is 27.3 Å². The molecule has 6 N–H and O–H groups in total. The summed E-state index contributed by atoms with van der Waals surface area (Å²) in [4.78, 5) is 21.6. The topological polar surface area (TPSA) is 158 Å². The lowest BCUT2D eigenvalue weighted by Crippen LogP contribution is -2.40. The molecule has 2 heterocycles. The predicted octanol–water partition coefficient (Wildman–Crippen LogP) is -3.45. The number of carbonyl (C=O) groups excluding carboxylic acids is 2. The van der Waals surface area contributed by atoms with Crippen LogP contribution in [0.3, 0.4) is 0 Å². The zero-order chi connectivity index (χ0) is 16.9. The van der Waals surface area contributed by atoms with Crippen molar-refractivity contribution < 1.29 is 39.5 Å². The van der Waals surface area contributed by atoms with Gasteiger partial charge in [-0.25, -0.2) is 0 Å². The Morgan fingerprint density at radius 3 is 1.25 bits per heavy atom. The summed E-state index contributed by atoms with van der Waals surface area (Å²) in [6.07, 6.45) is -3.86. The van der Waals surface area contributed by atoms with Crippen LogP contribution >= 0.6 is 24.8 Å². The summed E-state index contributed by atoms with van der Waals surface area (Å²) in [5, 5.41) is 41.5. The Kier molecular flexibility index (Phi) is 12.5. The first-order valence-electron chi connectivity index (χ1n) is 6.68. The number of β-amino-alcohol motifs (C(OH)–C–C–N with tert-alkyl or cyclic N) is 2. The minimum Gasteiger partial charge on any atom is -0.468 e. The second-order valence-electron chi connectivity index (χ2n) is 4.93. The van der Waals surface area contributed by atoms with Crippen LogP contribution in [0.2, 0.25) is 0 Å². The van der Waals surface area contributed by atoms with Gasteiger partial charge in [0.15, 0.2) is 0 Å². The van der Waals surface area contributed by atoms with Gasteiger partial charge in [0.25, 0.3) is 0 Å². The van der Waals surface area contributed by atoms with E-state index in [0.717, 1.165) is 0 Å². The van der Waals surface area contributed by atoms with Crippen molar-refractivity contribution in [2.24, 2.45) is 0 Å². The molecular formula is C12H24Cl2N2O8. The van der Waals surface area contributed by atoms with Gasteiger partial charge in [-0.1, -0.05) is 0 Å². The van der Waals surface area contributed by atoms with Gasteiger partial charge in [-0.15, -0.1) is 24.8 Å². The quantitative estimate of drug-likeness (QED) is 0.260. The fraction of sp³-hybridized carbons (Fsp3) is 0.833. The van der Waals surface area contributed by atoms with Crippen molar-refractivity contribution in [2.45, 2.75) is 36.5 Å². The highest BCUT2D eigenvalue weighted by molar-refractivity contribution is 5.85. The molecule has 2 saturated heterocycles. The summed E-state index contributed by atoms with van der Waals surface area (Å²) in [5.74, 6) is -1.09. The molecule has 0 aromatic rings. The van der Waals surface area contributed by atoms with Gasteiger partial charge in [0, 0.05) is 13.1 Å². The minimum absolute atomic E-state index is 0. The Labute approximate surface area is 151 Å². The molecule has 10 nitrogen and oxygen atoms in total. The molecule has 6 atom stereocenters. The van der Waals surface area contributed by atoms with E-state index in [9.17, 15) is 9.59 Å². The lowest BCUT2D eigenvalue weighted by molar-refractivity contribution is -0.146. The molecule has 0 bridgehead atoms. The fourth-order valence-corrected chi connectivity index (χ4v) is 2.12. The summed E-state index contributed by atoms with van der Waals surface area (Å²) < 4.78 is 8.76.